The first-order chi connectivity index (χ1) is 10.1. The van der Waals surface area contributed by atoms with Gasteiger partial charge in [-0.25, -0.2) is 0 Å². The summed E-state index contributed by atoms with van der Waals surface area (Å²) >= 11 is 0. The van der Waals surface area contributed by atoms with Gasteiger partial charge in [-0.1, -0.05) is 12.1 Å². The summed E-state index contributed by atoms with van der Waals surface area (Å²) in [6.07, 6.45) is 0. The third-order valence-corrected chi connectivity index (χ3v) is 2.82. The van der Waals surface area contributed by atoms with E-state index in [0.29, 0.717) is 5.75 Å². The monoisotopic (exact) mass is 284 g/mol. The number of ether oxygens (including phenoxy) is 2. The summed E-state index contributed by atoms with van der Waals surface area (Å²) in [5.41, 5.74) is 0.639. The molecule has 0 N–H and O–H groups in total. The van der Waals surface area contributed by atoms with E-state index < -0.39 is 4.92 Å². The van der Waals surface area contributed by atoms with Gasteiger partial charge in [0.2, 0.25) is 0 Å². The van der Waals surface area contributed by atoms with E-state index >= 15 is 0 Å². The number of nitro groups is 1. The number of benzene rings is 2. The predicted molar refractivity (Wildman–Crippen MR) is 75.1 cm³/mol. The Morgan fingerprint density at radius 1 is 1.24 bits per heavy atom. The topological polar surface area (TPSA) is 85.4 Å². The van der Waals surface area contributed by atoms with Gasteiger partial charge in [0.25, 0.3) is 5.69 Å². The Bertz CT molecular complexity index is 707. The molecule has 2 aromatic rings. The number of rotatable bonds is 5. The minimum Gasteiger partial charge on any atom is -0.497 e. The molecule has 0 saturated carbocycles. The van der Waals surface area contributed by atoms with E-state index in [9.17, 15) is 10.1 Å². The number of hydrogen-bond acceptors (Lipinski definition) is 5. The molecule has 0 radical (unpaired) electrons. The molecular weight excluding hydrogens is 272 g/mol. The van der Waals surface area contributed by atoms with Crippen LogP contribution in [0.15, 0.2) is 42.5 Å². The number of methoxy groups -OCH3 is 1. The number of hydrogen-bond donors (Lipinski definition) is 0. The Morgan fingerprint density at radius 2 is 2.05 bits per heavy atom. The molecule has 0 amide bonds. The first-order valence-corrected chi connectivity index (χ1v) is 6.08. The maximum atomic E-state index is 10.7. The minimum absolute atomic E-state index is 0.0249. The molecule has 0 aromatic heterocycles. The molecule has 0 saturated heterocycles. The van der Waals surface area contributed by atoms with Crippen LogP contribution in [-0.2, 0) is 6.61 Å². The van der Waals surface area contributed by atoms with Gasteiger partial charge in [-0.05, 0) is 23.8 Å². The van der Waals surface area contributed by atoms with Crippen LogP contribution in [0.25, 0.3) is 0 Å². The molecule has 0 aliphatic carbocycles. The van der Waals surface area contributed by atoms with Crippen LogP contribution in [-0.4, -0.2) is 12.0 Å². The first-order valence-electron chi connectivity index (χ1n) is 6.08. The van der Waals surface area contributed by atoms with Gasteiger partial charge in [0.05, 0.1) is 12.0 Å². The normalized spacial score (nSPS) is 9.71. The molecule has 0 spiro atoms. The quantitative estimate of drug-likeness (QED) is 0.622. The molecule has 106 valence electrons. The van der Waals surface area contributed by atoms with Crippen molar-refractivity contribution in [2.24, 2.45) is 0 Å². The second-order valence-electron chi connectivity index (χ2n) is 4.19. The van der Waals surface area contributed by atoms with Crippen molar-refractivity contribution < 1.29 is 14.4 Å². The highest BCUT2D eigenvalue weighted by atomic mass is 16.6. The van der Waals surface area contributed by atoms with Crippen LogP contribution in [0.1, 0.15) is 11.1 Å². The second kappa shape index (κ2) is 6.39. The minimum atomic E-state index is -0.593. The van der Waals surface area contributed by atoms with Gasteiger partial charge < -0.3 is 9.47 Å². The molecular formula is C15H12N2O4. The molecule has 0 bridgehead atoms. The Balaban J connectivity index is 2.13. The maximum absolute atomic E-state index is 10.7. The number of nitriles is 1. The van der Waals surface area contributed by atoms with Crippen LogP contribution in [0.5, 0.6) is 11.5 Å². The lowest BCUT2D eigenvalue weighted by Crippen LogP contribution is -1.98. The van der Waals surface area contributed by atoms with E-state index in [1.165, 1.54) is 18.2 Å². The fourth-order valence-electron chi connectivity index (χ4n) is 1.78. The van der Waals surface area contributed by atoms with Crippen molar-refractivity contribution in [3.8, 4) is 17.6 Å². The van der Waals surface area contributed by atoms with E-state index in [-0.39, 0.29) is 17.9 Å². The molecule has 6 nitrogen and oxygen atoms in total. The van der Waals surface area contributed by atoms with E-state index in [1.54, 1.807) is 13.2 Å². The highest BCUT2D eigenvalue weighted by Crippen LogP contribution is 2.24. The Labute approximate surface area is 121 Å². The zero-order valence-corrected chi connectivity index (χ0v) is 11.3. The molecule has 0 aliphatic rings. The summed E-state index contributed by atoms with van der Waals surface area (Å²) in [6.45, 7) is 0.278. The van der Waals surface area contributed by atoms with Crippen molar-refractivity contribution in [2.75, 3.05) is 7.11 Å². The van der Waals surface area contributed by atoms with E-state index in [1.807, 2.05) is 24.3 Å². The average molecular weight is 284 g/mol. The number of nitro benzene ring substituents is 1. The molecule has 21 heavy (non-hydrogen) atoms. The maximum Gasteiger partial charge on any atom is 0.287 e. The Kier molecular flexibility index (Phi) is 4.36. The lowest BCUT2D eigenvalue weighted by molar-refractivity contribution is -0.385. The van der Waals surface area contributed by atoms with E-state index in [4.69, 9.17) is 14.7 Å². The summed E-state index contributed by atoms with van der Waals surface area (Å²) in [5.74, 6) is 1.12. The lowest BCUT2D eigenvalue weighted by Gasteiger charge is -2.08. The molecule has 6 heteroatoms. The molecule has 0 fully saturated rings. The van der Waals surface area contributed by atoms with Gasteiger partial charge >= 0.3 is 0 Å². The largest absolute Gasteiger partial charge is 0.497 e. The Morgan fingerprint density at radius 3 is 2.71 bits per heavy atom. The van der Waals surface area contributed by atoms with Crippen molar-refractivity contribution in [3.63, 3.8) is 0 Å². The molecule has 2 rings (SSSR count). The SMILES string of the molecule is COc1cccc(COc2ccc([N+](=O)[O-])c(C#N)c2)c1. The fourth-order valence-corrected chi connectivity index (χ4v) is 1.78. The van der Waals surface area contributed by atoms with Crippen LogP contribution in [0.4, 0.5) is 5.69 Å². The Hall–Kier alpha value is -3.07. The zero-order valence-electron chi connectivity index (χ0n) is 11.3. The van der Waals surface area contributed by atoms with E-state index in [0.717, 1.165) is 11.3 Å². The highest BCUT2D eigenvalue weighted by molar-refractivity contribution is 5.52. The van der Waals surface area contributed by atoms with Crippen LogP contribution in [0.2, 0.25) is 0 Å². The molecule has 0 heterocycles. The van der Waals surface area contributed by atoms with Crippen molar-refractivity contribution in [1.82, 2.24) is 0 Å². The standard InChI is InChI=1S/C15H12N2O4/c1-20-13-4-2-3-11(7-13)10-21-14-5-6-15(17(18)19)12(8-14)9-16/h2-8H,10H2,1H3. The summed E-state index contributed by atoms with van der Waals surface area (Å²) in [5, 5.41) is 19.7. The van der Waals surface area contributed by atoms with Crippen molar-refractivity contribution in [3.05, 3.63) is 63.7 Å². The fraction of sp³-hybridized carbons (Fsp3) is 0.133. The first kappa shape index (κ1) is 14.3. The summed E-state index contributed by atoms with van der Waals surface area (Å²) < 4.78 is 10.7. The van der Waals surface area contributed by atoms with Gasteiger partial charge in [-0.15, -0.1) is 0 Å². The third kappa shape index (κ3) is 3.48. The zero-order chi connectivity index (χ0) is 15.2. The smallest absolute Gasteiger partial charge is 0.287 e. The van der Waals surface area contributed by atoms with E-state index in [2.05, 4.69) is 0 Å². The summed E-state index contributed by atoms with van der Waals surface area (Å²) in [7, 11) is 1.58. The van der Waals surface area contributed by atoms with Gasteiger partial charge in [-0.2, -0.15) is 5.26 Å². The van der Waals surface area contributed by atoms with Gasteiger partial charge in [0.15, 0.2) is 0 Å². The molecule has 0 unspecified atom stereocenters. The van der Waals surface area contributed by atoms with Crippen LogP contribution in [0.3, 0.4) is 0 Å². The van der Waals surface area contributed by atoms with Gasteiger partial charge in [0.1, 0.15) is 29.7 Å². The van der Waals surface area contributed by atoms with Crippen LogP contribution >= 0.6 is 0 Å². The summed E-state index contributed by atoms with van der Waals surface area (Å²) in [4.78, 5) is 10.1. The molecule has 0 aliphatic heterocycles. The second-order valence-corrected chi connectivity index (χ2v) is 4.19. The van der Waals surface area contributed by atoms with Gasteiger partial charge in [0, 0.05) is 12.1 Å². The van der Waals surface area contributed by atoms with Crippen molar-refractivity contribution in [1.29, 1.82) is 5.26 Å². The predicted octanol–water partition coefficient (Wildman–Crippen LogP) is 3.05. The summed E-state index contributed by atoms with van der Waals surface area (Å²) in [6, 6.07) is 13.3. The van der Waals surface area contributed by atoms with Crippen molar-refractivity contribution in [2.45, 2.75) is 6.61 Å². The lowest BCUT2D eigenvalue weighted by atomic mass is 10.2. The van der Waals surface area contributed by atoms with Crippen LogP contribution < -0.4 is 9.47 Å². The van der Waals surface area contributed by atoms with Crippen LogP contribution in [0, 0.1) is 21.4 Å². The molecule has 2 aromatic carbocycles. The van der Waals surface area contributed by atoms with Crippen molar-refractivity contribution >= 4 is 5.69 Å². The highest BCUT2D eigenvalue weighted by Gasteiger charge is 2.14. The van der Waals surface area contributed by atoms with Gasteiger partial charge in [-0.3, -0.25) is 10.1 Å². The average Bonchev–Trinajstić information content (AvgIpc) is 2.52. The number of nitrogens with zero attached hydrogens (tertiary/aromatic N) is 2. The molecule has 0 atom stereocenters. The third-order valence-electron chi connectivity index (χ3n) is 2.82.